The highest BCUT2D eigenvalue weighted by atomic mass is 32.2. The zero-order chi connectivity index (χ0) is 23.5. The van der Waals surface area contributed by atoms with E-state index in [-0.39, 0.29) is 23.2 Å². The maximum absolute atomic E-state index is 12.9. The summed E-state index contributed by atoms with van der Waals surface area (Å²) in [5, 5.41) is 0. The number of sulfonamides is 1. The number of hydrogen-bond donors (Lipinski definition) is 1. The highest BCUT2D eigenvalue weighted by Crippen LogP contribution is 2.23. The van der Waals surface area contributed by atoms with Gasteiger partial charge in [-0.15, -0.1) is 0 Å². The Bertz CT molecular complexity index is 1160. The summed E-state index contributed by atoms with van der Waals surface area (Å²) in [6, 6.07) is 12.7. The molecule has 1 atom stereocenters. The topological polar surface area (TPSA) is 98.2 Å². The first-order valence-electron chi connectivity index (χ1n) is 11.8. The average Bonchev–Trinajstić information content (AvgIpc) is 3.14. The van der Waals surface area contributed by atoms with Crippen LogP contribution in [0.4, 0.5) is 5.82 Å². The third kappa shape index (κ3) is 4.92. The zero-order valence-corrected chi connectivity index (χ0v) is 20.0. The second kappa shape index (κ2) is 9.71. The number of amides is 1. The molecule has 4 heterocycles. The minimum atomic E-state index is -3.59. The predicted molar refractivity (Wildman–Crippen MR) is 130 cm³/mol. The van der Waals surface area contributed by atoms with Crippen molar-refractivity contribution >= 4 is 27.6 Å². The standard InChI is InChI=1S/C24H30N6O3S/c31-23(16-26-24-20-7-1-2-8-21(20)34(32,33)27-24)30-11-5-6-19(18-30)17-28-12-14-29(15-13-28)22-9-3-4-10-25-22/h1-4,7-10,19H,5-6,11-18H2,(H,26,27). The van der Waals surface area contributed by atoms with Gasteiger partial charge < -0.3 is 9.80 Å². The SMILES string of the molecule is O=C(CN=C1NS(=O)(=O)c2ccccc21)N1CCCC(CN2CCN(c3ccccn3)CC2)C1. The molecule has 2 aromatic rings. The number of piperidine rings is 1. The molecular formula is C24H30N6O3S. The molecular weight excluding hydrogens is 452 g/mol. The number of aromatic nitrogens is 1. The van der Waals surface area contributed by atoms with Gasteiger partial charge in [-0.05, 0) is 43.0 Å². The highest BCUT2D eigenvalue weighted by molar-refractivity contribution is 7.90. The molecule has 34 heavy (non-hydrogen) atoms. The summed E-state index contributed by atoms with van der Waals surface area (Å²) in [5.74, 6) is 1.67. The van der Waals surface area contributed by atoms with Crippen LogP contribution in [0.5, 0.6) is 0 Å². The van der Waals surface area contributed by atoms with Gasteiger partial charge in [0.25, 0.3) is 10.0 Å². The van der Waals surface area contributed by atoms with Crippen LogP contribution in [-0.4, -0.2) is 87.3 Å². The average molecular weight is 483 g/mol. The number of benzene rings is 1. The van der Waals surface area contributed by atoms with Crippen molar-refractivity contribution in [3.63, 3.8) is 0 Å². The molecule has 1 N–H and O–H groups in total. The van der Waals surface area contributed by atoms with Gasteiger partial charge in [0.15, 0.2) is 0 Å². The number of carbonyl (C=O) groups is 1. The normalized spacial score (nSPS) is 23.5. The molecule has 1 aromatic heterocycles. The number of nitrogens with one attached hydrogen (secondary N) is 1. The summed E-state index contributed by atoms with van der Waals surface area (Å²) in [7, 11) is -3.59. The summed E-state index contributed by atoms with van der Waals surface area (Å²) >= 11 is 0. The summed E-state index contributed by atoms with van der Waals surface area (Å²) in [6.45, 7) is 6.30. The molecule has 2 fully saturated rings. The third-order valence-corrected chi connectivity index (χ3v) is 8.17. The van der Waals surface area contributed by atoms with Crippen molar-refractivity contribution in [3.05, 3.63) is 54.2 Å². The zero-order valence-electron chi connectivity index (χ0n) is 19.1. The number of nitrogens with zero attached hydrogens (tertiary/aromatic N) is 5. The van der Waals surface area contributed by atoms with E-state index in [1.54, 1.807) is 24.3 Å². The fourth-order valence-corrected chi connectivity index (χ4v) is 6.26. The van der Waals surface area contributed by atoms with Crippen LogP contribution in [0.1, 0.15) is 18.4 Å². The van der Waals surface area contributed by atoms with Gasteiger partial charge in [-0.3, -0.25) is 19.4 Å². The van der Waals surface area contributed by atoms with E-state index in [0.717, 1.165) is 64.5 Å². The Morgan fingerprint density at radius 3 is 2.65 bits per heavy atom. The number of piperazine rings is 1. The summed E-state index contributed by atoms with van der Waals surface area (Å²) in [6.07, 6.45) is 3.93. The van der Waals surface area contributed by atoms with E-state index in [0.29, 0.717) is 11.5 Å². The molecule has 0 radical (unpaired) electrons. The van der Waals surface area contributed by atoms with Crippen molar-refractivity contribution in [1.29, 1.82) is 0 Å². The lowest BCUT2D eigenvalue weighted by Gasteiger charge is -2.39. The molecule has 1 unspecified atom stereocenters. The molecule has 2 saturated heterocycles. The molecule has 1 aromatic carbocycles. The Hall–Kier alpha value is -2.98. The quantitative estimate of drug-likeness (QED) is 0.687. The van der Waals surface area contributed by atoms with Crippen molar-refractivity contribution in [2.75, 3.05) is 57.3 Å². The van der Waals surface area contributed by atoms with Crippen LogP contribution in [0.25, 0.3) is 0 Å². The molecule has 3 aliphatic heterocycles. The van der Waals surface area contributed by atoms with Crippen molar-refractivity contribution < 1.29 is 13.2 Å². The highest BCUT2D eigenvalue weighted by Gasteiger charge is 2.31. The van der Waals surface area contributed by atoms with Gasteiger partial charge in [0.1, 0.15) is 18.2 Å². The van der Waals surface area contributed by atoms with Gasteiger partial charge in [-0.1, -0.05) is 18.2 Å². The number of carbonyl (C=O) groups excluding carboxylic acids is 1. The first kappa shape index (κ1) is 22.8. The number of pyridine rings is 1. The van der Waals surface area contributed by atoms with Crippen molar-refractivity contribution in [3.8, 4) is 0 Å². The molecule has 3 aliphatic rings. The van der Waals surface area contributed by atoms with Gasteiger partial charge in [0, 0.05) is 57.6 Å². The number of amidine groups is 1. The molecule has 5 rings (SSSR count). The Balaban J connectivity index is 1.13. The van der Waals surface area contributed by atoms with Crippen LogP contribution in [0.15, 0.2) is 58.5 Å². The summed E-state index contributed by atoms with van der Waals surface area (Å²) in [4.78, 5) is 28.6. The second-order valence-electron chi connectivity index (χ2n) is 9.09. The van der Waals surface area contributed by atoms with E-state index in [9.17, 15) is 13.2 Å². The maximum atomic E-state index is 12.9. The summed E-state index contributed by atoms with van der Waals surface area (Å²) < 4.78 is 27.0. The van der Waals surface area contributed by atoms with Crippen LogP contribution >= 0.6 is 0 Å². The lowest BCUT2D eigenvalue weighted by atomic mass is 9.97. The molecule has 0 aliphatic carbocycles. The number of fused-ring (bicyclic) bond motifs is 1. The number of hydrogen-bond acceptors (Lipinski definition) is 7. The largest absolute Gasteiger partial charge is 0.354 e. The van der Waals surface area contributed by atoms with Crippen LogP contribution < -0.4 is 9.62 Å². The molecule has 1 amide bonds. The smallest absolute Gasteiger partial charge is 0.263 e. The predicted octanol–water partition coefficient (Wildman–Crippen LogP) is 1.18. The maximum Gasteiger partial charge on any atom is 0.263 e. The van der Waals surface area contributed by atoms with Crippen LogP contribution in [0.3, 0.4) is 0 Å². The van der Waals surface area contributed by atoms with E-state index in [1.807, 2.05) is 23.2 Å². The first-order chi connectivity index (χ1) is 16.5. The van der Waals surface area contributed by atoms with Crippen molar-refractivity contribution in [2.24, 2.45) is 10.9 Å². The Labute approximate surface area is 200 Å². The lowest BCUT2D eigenvalue weighted by molar-refractivity contribution is -0.131. The van der Waals surface area contributed by atoms with Crippen LogP contribution in [0, 0.1) is 5.92 Å². The van der Waals surface area contributed by atoms with E-state index in [1.165, 1.54) is 0 Å². The molecule has 0 saturated carbocycles. The second-order valence-corrected chi connectivity index (χ2v) is 10.7. The molecule has 0 bridgehead atoms. The molecule has 0 spiro atoms. The number of likely N-dealkylation sites (tertiary alicyclic amines) is 1. The summed E-state index contributed by atoms with van der Waals surface area (Å²) in [5.41, 5.74) is 0.525. The van der Waals surface area contributed by atoms with E-state index in [2.05, 4.69) is 30.6 Å². The molecule has 10 heteroatoms. The van der Waals surface area contributed by atoms with Gasteiger partial charge in [-0.25, -0.2) is 13.4 Å². The number of anilines is 1. The van der Waals surface area contributed by atoms with E-state index in [4.69, 9.17) is 0 Å². The fraction of sp³-hybridized carbons (Fsp3) is 0.458. The molecule has 9 nitrogen and oxygen atoms in total. The number of aliphatic imine (C=N–C) groups is 1. The van der Waals surface area contributed by atoms with Crippen LogP contribution in [-0.2, 0) is 14.8 Å². The van der Waals surface area contributed by atoms with Crippen LogP contribution in [0.2, 0.25) is 0 Å². The minimum absolute atomic E-state index is 0.0539. The van der Waals surface area contributed by atoms with Gasteiger partial charge in [0.05, 0.1) is 4.90 Å². The first-order valence-corrected chi connectivity index (χ1v) is 13.3. The molecule has 180 valence electrons. The van der Waals surface area contributed by atoms with Crippen molar-refractivity contribution in [2.45, 2.75) is 17.7 Å². The fourth-order valence-electron chi connectivity index (χ4n) is 5.00. The Kier molecular flexibility index (Phi) is 6.51. The Morgan fingerprint density at radius 1 is 1.06 bits per heavy atom. The Morgan fingerprint density at radius 2 is 1.85 bits per heavy atom. The van der Waals surface area contributed by atoms with Gasteiger partial charge in [-0.2, -0.15) is 0 Å². The van der Waals surface area contributed by atoms with E-state index >= 15 is 0 Å². The van der Waals surface area contributed by atoms with Gasteiger partial charge in [0.2, 0.25) is 5.91 Å². The monoisotopic (exact) mass is 482 g/mol. The van der Waals surface area contributed by atoms with E-state index < -0.39 is 10.0 Å². The number of rotatable bonds is 5. The van der Waals surface area contributed by atoms with Crippen molar-refractivity contribution in [1.82, 2.24) is 19.5 Å². The minimum Gasteiger partial charge on any atom is -0.354 e. The van der Waals surface area contributed by atoms with Gasteiger partial charge >= 0.3 is 0 Å². The third-order valence-electron chi connectivity index (χ3n) is 6.77. The lowest BCUT2D eigenvalue weighted by Crippen LogP contribution is -2.50.